The molecule has 4 amide bonds. The van der Waals surface area contributed by atoms with Gasteiger partial charge in [-0.15, -0.1) is 6.42 Å². The molecule has 0 bridgehead atoms. The Morgan fingerprint density at radius 3 is 2.45 bits per heavy atom. The van der Waals surface area contributed by atoms with Gasteiger partial charge in [-0.1, -0.05) is 68.7 Å². The van der Waals surface area contributed by atoms with E-state index in [1.165, 1.54) is 17.1 Å². The molecule has 0 aromatic heterocycles. The third kappa shape index (κ3) is 5.36. The van der Waals surface area contributed by atoms with Crippen molar-refractivity contribution in [2.24, 2.45) is 5.92 Å². The first-order valence-electron chi connectivity index (χ1n) is 12.9. The summed E-state index contributed by atoms with van der Waals surface area (Å²) in [5, 5.41) is 6.01. The molecule has 4 atom stereocenters. The summed E-state index contributed by atoms with van der Waals surface area (Å²) in [5.74, 6) is 1.61. The highest BCUT2D eigenvalue weighted by Gasteiger charge is 2.53. The molecule has 38 heavy (non-hydrogen) atoms. The summed E-state index contributed by atoms with van der Waals surface area (Å²) in [5.41, 5.74) is 1.69. The van der Waals surface area contributed by atoms with Gasteiger partial charge in [-0.2, -0.15) is 5.01 Å². The SMILES string of the molecule is C#CCN1CC(=O)N2C(C(C)CC)C(=O)N(C(C)c3ccc(F)cc3)CC2N1C(=O)NCc1ccccc1. The van der Waals surface area contributed by atoms with Crippen LogP contribution in [0, 0.1) is 24.1 Å². The number of nitrogens with zero attached hydrogens (tertiary/aromatic N) is 4. The fraction of sp³-hybridized carbons (Fsp3) is 0.414. The van der Waals surface area contributed by atoms with E-state index in [4.69, 9.17) is 6.42 Å². The highest BCUT2D eigenvalue weighted by atomic mass is 19.1. The molecule has 4 rings (SSSR count). The third-order valence-corrected chi connectivity index (χ3v) is 7.48. The van der Waals surface area contributed by atoms with Crippen molar-refractivity contribution < 1.29 is 18.8 Å². The fourth-order valence-electron chi connectivity index (χ4n) is 5.21. The lowest BCUT2D eigenvalue weighted by Gasteiger charge is -2.56. The van der Waals surface area contributed by atoms with Crippen LogP contribution < -0.4 is 5.32 Å². The number of hydrogen-bond acceptors (Lipinski definition) is 4. The van der Waals surface area contributed by atoms with Gasteiger partial charge in [0.15, 0.2) is 0 Å². The molecule has 200 valence electrons. The van der Waals surface area contributed by atoms with Crippen molar-refractivity contribution in [2.75, 3.05) is 19.6 Å². The summed E-state index contributed by atoms with van der Waals surface area (Å²) < 4.78 is 13.6. The van der Waals surface area contributed by atoms with Crippen LogP contribution in [0.3, 0.4) is 0 Å². The standard InChI is InChI=1S/C29H34FN5O3/c1-5-16-32-19-26(36)34-25(35(32)29(38)31-17-22-10-8-7-9-11-22)18-33(28(37)27(34)20(3)6-2)21(4)23-12-14-24(30)15-13-23/h1,7-15,20-21,25,27H,6,16-19H2,2-4H3,(H,31,38). The molecule has 0 spiro atoms. The maximum Gasteiger partial charge on any atom is 0.334 e. The number of rotatable bonds is 7. The molecular formula is C29H34FN5O3. The number of terminal acetylenes is 1. The van der Waals surface area contributed by atoms with Crippen LogP contribution >= 0.6 is 0 Å². The molecule has 8 nitrogen and oxygen atoms in total. The van der Waals surface area contributed by atoms with Crippen LogP contribution in [-0.4, -0.2) is 69.5 Å². The summed E-state index contributed by atoms with van der Waals surface area (Å²) in [4.78, 5) is 44.3. The van der Waals surface area contributed by atoms with Crippen LogP contribution in [-0.2, 0) is 16.1 Å². The van der Waals surface area contributed by atoms with Crippen LogP contribution in [0.25, 0.3) is 0 Å². The zero-order valence-electron chi connectivity index (χ0n) is 22.0. The second kappa shape index (κ2) is 11.7. The van der Waals surface area contributed by atoms with Gasteiger partial charge in [0.05, 0.1) is 25.7 Å². The molecule has 0 saturated carbocycles. The molecule has 2 saturated heterocycles. The maximum absolute atomic E-state index is 13.9. The van der Waals surface area contributed by atoms with E-state index in [0.717, 1.165) is 11.1 Å². The van der Waals surface area contributed by atoms with Crippen LogP contribution in [0.1, 0.15) is 44.4 Å². The number of hydrazine groups is 1. The van der Waals surface area contributed by atoms with Crippen LogP contribution in [0.5, 0.6) is 0 Å². The third-order valence-electron chi connectivity index (χ3n) is 7.48. The van der Waals surface area contributed by atoms with E-state index in [-0.39, 0.29) is 43.2 Å². The van der Waals surface area contributed by atoms with E-state index >= 15 is 0 Å². The first kappa shape index (κ1) is 27.1. The minimum absolute atomic E-state index is 0.0598. The monoisotopic (exact) mass is 519 g/mol. The topological polar surface area (TPSA) is 76.2 Å². The summed E-state index contributed by atoms with van der Waals surface area (Å²) in [6.45, 7) is 6.13. The molecule has 0 aliphatic carbocycles. The molecule has 0 radical (unpaired) electrons. The van der Waals surface area contributed by atoms with E-state index in [9.17, 15) is 18.8 Å². The van der Waals surface area contributed by atoms with Gasteiger partial charge in [0, 0.05) is 6.54 Å². The maximum atomic E-state index is 13.9. The van der Waals surface area contributed by atoms with E-state index in [1.807, 2.05) is 51.1 Å². The lowest BCUT2D eigenvalue weighted by molar-refractivity contribution is -0.194. The van der Waals surface area contributed by atoms with Crippen LogP contribution in [0.15, 0.2) is 54.6 Å². The molecule has 2 heterocycles. The van der Waals surface area contributed by atoms with E-state index in [1.54, 1.807) is 26.9 Å². The zero-order valence-corrected chi connectivity index (χ0v) is 22.0. The number of nitrogens with one attached hydrogen (secondary N) is 1. The molecule has 2 aromatic carbocycles. The van der Waals surface area contributed by atoms with Gasteiger partial charge in [0.25, 0.3) is 0 Å². The highest BCUT2D eigenvalue weighted by Crippen LogP contribution is 2.34. The van der Waals surface area contributed by atoms with Gasteiger partial charge < -0.3 is 15.1 Å². The Hall–Kier alpha value is -3.90. The zero-order chi connectivity index (χ0) is 27.4. The van der Waals surface area contributed by atoms with Crippen molar-refractivity contribution in [2.45, 2.75) is 52.0 Å². The Morgan fingerprint density at radius 1 is 1.13 bits per heavy atom. The van der Waals surface area contributed by atoms with Crippen LogP contribution in [0.4, 0.5) is 9.18 Å². The van der Waals surface area contributed by atoms with Crippen molar-refractivity contribution in [1.29, 1.82) is 0 Å². The molecular weight excluding hydrogens is 485 g/mol. The van der Waals surface area contributed by atoms with Crippen molar-refractivity contribution in [3.63, 3.8) is 0 Å². The number of carbonyl (C=O) groups is 3. The Kier molecular flexibility index (Phi) is 8.32. The first-order chi connectivity index (χ1) is 18.3. The number of urea groups is 1. The highest BCUT2D eigenvalue weighted by molar-refractivity contribution is 5.92. The van der Waals surface area contributed by atoms with Crippen LogP contribution in [0.2, 0.25) is 0 Å². The average Bonchev–Trinajstić information content (AvgIpc) is 2.92. The van der Waals surface area contributed by atoms with Gasteiger partial charge in [-0.05, 0) is 36.1 Å². The summed E-state index contributed by atoms with van der Waals surface area (Å²) in [7, 11) is 0. The molecule has 2 aliphatic heterocycles. The largest absolute Gasteiger partial charge is 0.334 e. The van der Waals surface area contributed by atoms with E-state index in [0.29, 0.717) is 13.0 Å². The summed E-state index contributed by atoms with van der Waals surface area (Å²) in [6, 6.07) is 14.0. The number of piperazine rings is 1. The van der Waals surface area contributed by atoms with Crippen molar-refractivity contribution in [3.05, 3.63) is 71.5 Å². The number of benzene rings is 2. The smallest absolute Gasteiger partial charge is 0.333 e. The second-order valence-corrected chi connectivity index (χ2v) is 9.85. The second-order valence-electron chi connectivity index (χ2n) is 9.85. The van der Waals surface area contributed by atoms with Crippen molar-refractivity contribution >= 4 is 17.8 Å². The Morgan fingerprint density at radius 2 is 1.82 bits per heavy atom. The Balaban J connectivity index is 1.70. The quantitative estimate of drug-likeness (QED) is 0.570. The fourth-order valence-corrected chi connectivity index (χ4v) is 5.21. The lowest BCUT2D eigenvalue weighted by atomic mass is 9.91. The Bertz CT molecular complexity index is 1200. The number of halogens is 1. The molecule has 2 aliphatic rings. The van der Waals surface area contributed by atoms with Gasteiger partial charge in [-0.25, -0.2) is 14.2 Å². The van der Waals surface area contributed by atoms with Gasteiger partial charge in [-0.3, -0.25) is 9.59 Å². The first-order valence-corrected chi connectivity index (χ1v) is 12.9. The molecule has 2 fully saturated rings. The van der Waals surface area contributed by atoms with Gasteiger partial charge in [0.1, 0.15) is 18.0 Å². The normalized spacial score (nSPS) is 21.5. The predicted molar refractivity (Wildman–Crippen MR) is 141 cm³/mol. The summed E-state index contributed by atoms with van der Waals surface area (Å²) in [6.07, 6.45) is 5.53. The van der Waals surface area contributed by atoms with Crippen molar-refractivity contribution in [1.82, 2.24) is 25.1 Å². The number of amides is 4. The number of carbonyl (C=O) groups excluding carboxylic acids is 3. The lowest BCUT2D eigenvalue weighted by Crippen LogP contribution is -2.77. The molecule has 1 N–H and O–H groups in total. The van der Waals surface area contributed by atoms with E-state index in [2.05, 4.69) is 11.2 Å². The minimum atomic E-state index is -0.750. The number of fused-ring (bicyclic) bond motifs is 1. The van der Waals surface area contributed by atoms with Crippen molar-refractivity contribution in [3.8, 4) is 12.3 Å². The molecule has 2 aromatic rings. The molecule has 9 heteroatoms. The van der Waals surface area contributed by atoms with E-state index < -0.39 is 24.3 Å². The average molecular weight is 520 g/mol. The minimum Gasteiger partial charge on any atom is -0.333 e. The molecule has 4 unspecified atom stereocenters. The summed E-state index contributed by atoms with van der Waals surface area (Å²) >= 11 is 0. The van der Waals surface area contributed by atoms with Gasteiger partial charge >= 0.3 is 6.03 Å². The Labute approximate surface area is 223 Å². The van der Waals surface area contributed by atoms with Gasteiger partial charge in [0.2, 0.25) is 11.8 Å². The predicted octanol–water partition coefficient (Wildman–Crippen LogP) is 3.37. The number of hydrogen-bond donors (Lipinski definition) is 1.